The average molecular weight is 496 g/mol. The lowest BCUT2D eigenvalue weighted by atomic mass is 10.0. The summed E-state index contributed by atoms with van der Waals surface area (Å²) < 4.78 is 44.0. The lowest BCUT2D eigenvalue weighted by Gasteiger charge is -2.17. The van der Waals surface area contributed by atoms with Crippen LogP contribution >= 0.6 is 23.1 Å². The number of aromatic nitrogens is 1. The zero-order valence-electron chi connectivity index (χ0n) is 18.6. The van der Waals surface area contributed by atoms with Crippen LogP contribution in [0.5, 0.6) is 5.75 Å². The molecule has 33 heavy (non-hydrogen) atoms. The number of aliphatic carboxylic acids is 1. The third-order valence-electron chi connectivity index (χ3n) is 4.98. The predicted octanol–water partition coefficient (Wildman–Crippen LogP) is 7.40. The Bertz CT molecular complexity index is 1120. The Hall–Kier alpha value is -2.52. The first-order chi connectivity index (χ1) is 15.5. The third-order valence-corrected chi connectivity index (χ3v) is 7.39. The fourth-order valence-corrected chi connectivity index (χ4v) is 5.21. The number of alkyl halides is 3. The number of rotatable bonds is 8. The highest BCUT2D eigenvalue weighted by Crippen LogP contribution is 2.37. The van der Waals surface area contributed by atoms with E-state index in [1.165, 1.54) is 30.4 Å². The number of benzene rings is 2. The van der Waals surface area contributed by atoms with E-state index in [9.17, 15) is 18.0 Å². The molecule has 1 N–H and O–H groups in total. The molecule has 0 bridgehead atoms. The van der Waals surface area contributed by atoms with Gasteiger partial charge >= 0.3 is 12.1 Å². The molecule has 0 amide bonds. The molecule has 176 valence electrons. The predicted molar refractivity (Wildman–Crippen MR) is 125 cm³/mol. The summed E-state index contributed by atoms with van der Waals surface area (Å²) in [6.45, 7) is 7.43. The number of carbonyl (C=O) groups is 1. The second-order valence-electron chi connectivity index (χ2n) is 7.84. The van der Waals surface area contributed by atoms with E-state index in [0.29, 0.717) is 22.1 Å². The Kier molecular flexibility index (Phi) is 7.74. The van der Waals surface area contributed by atoms with Crippen molar-refractivity contribution in [2.45, 2.75) is 56.5 Å². The van der Waals surface area contributed by atoms with Gasteiger partial charge in [-0.1, -0.05) is 26.0 Å². The van der Waals surface area contributed by atoms with Crippen molar-refractivity contribution >= 4 is 29.1 Å². The number of hydrogen-bond acceptors (Lipinski definition) is 5. The largest absolute Gasteiger partial charge is 0.479 e. The number of thioether (sulfide) groups is 1. The minimum Gasteiger partial charge on any atom is -0.479 e. The van der Waals surface area contributed by atoms with E-state index < -0.39 is 23.8 Å². The third kappa shape index (κ3) is 6.29. The fourth-order valence-electron chi connectivity index (χ4n) is 3.05. The number of halogens is 3. The van der Waals surface area contributed by atoms with Crippen molar-refractivity contribution < 1.29 is 27.8 Å². The van der Waals surface area contributed by atoms with Gasteiger partial charge in [-0.05, 0) is 55.7 Å². The number of aryl methyl sites for hydroxylation is 1. The SMILES string of the molecule is Cc1nc(-c2ccc(C(F)(F)F)cc2)sc1CSc1ccc(OC(C)C(=O)O)c(C(C)C)c1. The molecule has 1 aromatic heterocycles. The monoisotopic (exact) mass is 495 g/mol. The van der Waals surface area contributed by atoms with E-state index in [1.807, 2.05) is 32.9 Å². The molecule has 0 saturated heterocycles. The summed E-state index contributed by atoms with van der Waals surface area (Å²) in [5, 5.41) is 9.80. The van der Waals surface area contributed by atoms with Gasteiger partial charge in [-0.25, -0.2) is 9.78 Å². The van der Waals surface area contributed by atoms with Crippen LogP contribution in [0.25, 0.3) is 10.6 Å². The van der Waals surface area contributed by atoms with Gasteiger partial charge in [0.2, 0.25) is 0 Å². The van der Waals surface area contributed by atoms with Crippen LogP contribution in [0, 0.1) is 6.92 Å². The van der Waals surface area contributed by atoms with Gasteiger partial charge in [0.1, 0.15) is 10.8 Å². The smallest absolute Gasteiger partial charge is 0.416 e. The lowest BCUT2D eigenvalue weighted by Crippen LogP contribution is -2.23. The molecule has 0 radical (unpaired) electrons. The minimum atomic E-state index is -4.36. The second kappa shape index (κ2) is 10.2. The average Bonchev–Trinajstić information content (AvgIpc) is 3.12. The van der Waals surface area contributed by atoms with E-state index in [4.69, 9.17) is 9.84 Å². The van der Waals surface area contributed by atoms with Crippen LogP contribution in [0.2, 0.25) is 0 Å². The molecule has 0 fully saturated rings. The number of carboxylic acids is 1. The van der Waals surface area contributed by atoms with Crippen molar-refractivity contribution in [3.63, 3.8) is 0 Å². The summed E-state index contributed by atoms with van der Waals surface area (Å²) in [5.74, 6) is 0.348. The first-order valence-electron chi connectivity index (χ1n) is 10.3. The van der Waals surface area contributed by atoms with Crippen molar-refractivity contribution in [2.75, 3.05) is 0 Å². The minimum absolute atomic E-state index is 0.151. The van der Waals surface area contributed by atoms with Crippen molar-refractivity contribution in [3.8, 4) is 16.3 Å². The molecular formula is C24H24F3NO3S2. The maximum atomic E-state index is 12.8. The topological polar surface area (TPSA) is 59.4 Å². The molecule has 9 heteroatoms. The maximum absolute atomic E-state index is 12.8. The van der Waals surface area contributed by atoms with E-state index >= 15 is 0 Å². The van der Waals surface area contributed by atoms with E-state index in [0.717, 1.165) is 33.2 Å². The Morgan fingerprint density at radius 1 is 1.15 bits per heavy atom. The molecular weight excluding hydrogens is 471 g/mol. The van der Waals surface area contributed by atoms with Crippen LogP contribution < -0.4 is 4.74 Å². The quantitative estimate of drug-likeness (QED) is 0.330. The summed E-state index contributed by atoms with van der Waals surface area (Å²) in [6, 6.07) is 10.7. The second-order valence-corrected chi connectivity index (χ2v) is 9.98. The van der Waals surface area contributed by atoms with Gasteiger partial charge in [0.25, 0.3) is 0 Å². The summed E-state index contributed by atoms with van der Waals surface area (Å²) in [4.78, 5) is 17.7. The highest BCUT2D eigenvalue weighted by atomic mass is 32.2. The molecule has 0 aliphatic heterocycles. The molecule has 3 aromatic rings. The van der Waals surface area contributed by atoms with Crippen LogP contribution in [0.3, 0.4) is 0 Å². The Morgan fingerprint density at radius 3 is 2.39 bits per heavy atom. The van der Waals surface area contributed by atoms with Crippen molar-refractivity contribution in [1.82, 2.24) is 4.98 Å². The molecule has 0 saturated carbocycles. The fraction of sp³-hybridized carbons (Fsp3) is 0.333. The highest BCUT2D eigenvalue weighted by Gasteiger charge is 2.30. The molecule has 0 aliphatic rings. The molecule has 4 nitrogen and oxygen atoms in total. The van der Waals surface area contributed by atoms with E-state index in [1.54, 1.807) is 17.8 Å². The van der Waals surface area contributed by atoms with Crippen LogP contribution in [-0.4, -0.2) is 22.2 Å². The summed E-state index contributed by atoms with van der Waals surface area (Å²) in [7, 11) is 0. The van der Waals surface area contributed by atoms with Crippen LogP contribution in [0.1, 0.15) is 48.4 Å². The molecule has 1 unspecified atom stereocenters. The van der Waals surface area contributed by atoms with Gasteiger partial charge in [-0.3, -0.25) is 0 Å². The van der Waals surface area contributed by atoms with Gasteiger partial charge in [0.15, 0.2) is 6.10 Å². The standard InChI is InChI=1S/C24H24F3NO3S2/c1-13(2)19-11-18(9-10-20(19)31-15(4)23(29)30)32-12-21-14(3)28-22(33-21)16-5-7-17(8-6-16)24(25,26)27/h5-11,13,15H,12H2,1-4H3,(H,29,30). The van der Waals surface area contributed by atoms with Crippen molar-refractivity contribution in [3.05, 3.63) is 64.2 Å². The van der Waals surface area contributed by atoms with Gasteiger partial charge in [-0.2, -0.15) is 13.2 Å². The van der Waals surface area contributed by atoms with Crippen LogP contribution in [0.4, 0.5) is 13.2 Å². The molecule has 1 atom stereocenters. The molecule has 3 rings (SSSR count). The number of hydrogen-bond donors (Lipinski definition) is 1. The van der Waals surface area contributed by atoms with E-state index in [2.05, 4.69) is 4.98 Å². The van der Waals surface area contributed by atoms with E-state index in [-0.39, 0.29) is 5.92 Å². The normalized spacial score (nSPS) is 12.7. The van der Waals surface area contributed by atoms with Crippen molar-refractivity contribution in [2.24, 2.45) is 0 Å². The Labute approximate surface area is 198 Å². The van der Waals surface area contributed by atoms with Crippen molar-refractivity contribution in [1.29, 1.82) is 0 Å². The summed E-state index contributed by atoms with van der Waals surface area (Å²) in [5.41, 5.74) is 1.76. The highest BCUT2D eigenvalue weighted by molar-refractivity contribution is 7.98. The first kappa shape index (κ1) is 25.1. The number of thiazole rings is 1. The molecule has 0 aliphatic carbocycles. The Morgan fingerprint density at radius 2 is 1.82 bits per heavy atom. The van der Waals surface area contributed by atoms with Gasteiger partial charge in [-0.15, -0.1) is 23.1 Å². The van der Waals surface area contributed by atoms with Gasteiger partial charge in [0, 0.05) is 21.1 Å². The van der Waals surface area contributed by atoms with Crippen LogP contribution in [-0.2, 0) is 16.7 Å². The first-order valence-corrected chi connectivity index (χ1v) is 12.1. The maximum Gasteiger partial charge on any atom is 0.416 e. The number of carboxylic acid groups (broad SMARTS) is 1. The molecule has 1 heterocycles. The van der Waals surface area contributed by atoms with Crippen LogP contribution in [0.15, 0.2) is 47.4 Å². The summed E-state index contributed by atoms with van der Waals surface area (Å²) >= 11 is 3.08. The zero-order chi connectivity index (χ0) is 24.3. The van der Waals surface area contributed by atoms with Gasteiger partial charge in [0.05, 0.1) is 11.3 Å². The zero-order valence-corrected chi connectivity index (χ0v) is 20.2. The molecule has 0 spiro atoms. The molecule has 2 aromatic carbocycles. The lowest BCUT2D eigenvalue weighted by molar-refractivity contribution is -0.144. The number of nitrogens with zero attached hydrogens (tertiary/aromatic N) is 1. The Balaban J connectivity index is 1.74. The van der Waals surface area contributed by atoms with Gasteiger partial charge < -0.3 is 9.84 Å². The number of ether oxygens (including phenoxy) is 1. The summed E-state index contributed by atoms with van der Waals surface area (Å²) in [6.07, 6.45) is -5.30.